The number of nitrogens with zero attached hydrogens (tertiary/aromatic N) is 2. The Labute approximate surface area is 263 Å². The normalized spacial score (nSPS) is 17.4. The molecule has 44 heavy (non-hydrogen) atoms. The zero-order valence-corrected chi connectivity index (χ0v) is 27.0. The molecule has 0 spiro atoms. The fourth-order valence-electron chi connectivity index (χ4n) is 6.30. The van der Waals surface area contributed by atoms with Gasteiger partial charge in [-0.15, -0.1) is 0 Å². The van der Waals surface area contributed by atoms with E-state index < -0.39 is 23.8 Å². The van der Waals surface area contributed by atoms with E-state index in [0.717, 1.165) is 68.2 Å². The largest absolute Gasteiger partial charge is 0.444 e. The van der Waals surface area contributed by atoms with Gasteiger partial charge in [-0.2, -0.15) is 0 Å². The fraction of sp³-hybridized carbons (Fsp3) is 0.583. The summed E-state index contributed by atoms with van der Waals surface area (Å²) in [5.41, 5.74) is 2.76. The molecule has 8 nitrogen and oxygen atoms in total. The van der Waals surface area contributed by atoms with Gasteiger partial charge in [-0.3, -0.25) is 9.59 Å². The van der Waals surface area contributed by atoms with Gasteiger partial charge in [-0.05, 0) is 82.2 Å². The van der Waals surface area contributed by atoms with E-state index in [-0.39, 0.29) is 30.8 Å². The molecule has 2 atom stereocenters. The van der Waals surface area contributed by atoms with Crippen LogP contribution in [0.4, 0.5) is 10.5 Å². The van der Waals surface area contributed by atoms with Gasteiger partial charge in [0.1, 0.15) is 5.60 Å². The summed E-state index contributed by atoms with van der Waals surface area (Å²) in [5.74, 6) is -0.00823. The number of anilines is 1. The molecule has 2 fully saturated rings. The molecule has 1 aliphatic carbocycles. The SMILES string of the molecule is CCCc1cc(C(=O)CN[C@@H](Cc2ccccc2)[C@H](O)CN(C(=O)OC(C)(C)C)C2CCCCC2)cc(N2CCCC2=O)c1. The topological polar surface area (TPSA) is 99.2 Å². The molecular weight excluding hydrogens is 554 g/mol. The van der Waals surface area contributed by atoms with Crippen molar-refractivity contribution in [2.24, 2.45) is 0 Å². The molecule has 0 aromatic heterocycles. The monoisotopic (exact) mass is 605 g/mol. The summed E-state index contributed by atoms with van der Waals surface area (Å²) < 4.78 is 5.77. The first-order chi connectivity index (χ1) is 21.0. The second-order valence-corrected chi connectivity index (χ2v) is 13.4. The highest BCUT2D eigenvalue weighted by Gasteiger charge is 2.33. The van der Waals surface area contributed by atoms with Crippen molar-refractivity contribution in [3.8, 4) is 0 Å². The lowest BCUT2D eigenvalue weighted by Gasteiger charge is -2.38. The maximum atomic E-state index is 13.6. The molecule has 1 aliphatic heterocycles. The Balaban J connectivity index is 1.53. The second kappa shape index (κ2) is 15.7. The third-order valence-electron chi connectivity index (χ3n) is 8.54. The highest BCUT2D eigenvalue weighted by atomic mass is 16.6. The quantitative estimate of drug-likeness (QED) is 0.269. The number of aryl methyl sites for hydroxylation is 1. The molecule has 1 saturated carbocycles. The van der Waals surface area contributed by atoms with E-state index in [9.17, 15) is 19.5 Å². The smallest absolute Gasteiger partial charge is 0.410 e. The molecule has 2 amide bonds. The van der Waals surface area contributed by atoms with Gasteiger partial charge in [0.25, 0.3) is 0 Å². The summed E-state index contributed by atoms with van der Waals surface area (Å²) in [6.07, 6.45) is 7.27. The number of ketones is 1. The van der Waals surface area contributed by atoms with E-state index >= 15 is 0 Å². The van der Waals surface area contributed by atoms with Crippen LogP contribution in [0.5, 0.6) is 0 Å². The van der Waals surface area contributed by atoms with Crippen LogP contribution in [-0.4, -0.2) is 71.2 Å². The number of carbonyl (C=O) groups excluding carboxylic acids is 3. The van der Waals surface area contributed by atoms with Crippen LogP contribution >= 0.6 is 0 Å². The number of amides is 2. The number of carbonyl (C=O) groups is 3. The van der Waals surface area contributed by atoms with Gasteiger partial charge in [0, 0.05) is 36.3 Å². The van der Waals surface area contributed by atoms with E-state index in [2.05, 4.69) is 12.2 Å². The Morgan fingerprint density at radius 1 is 1.05 bits per heavy atom. The van der Waals surface area contributed by atoms with Crippen molar-refractivity contribution in [1.29, 1.82) is 0 Å². The fourth-order valence-corrected chi connectivity index (χ4v) is 6.30. The average molecular weight is 606 g/mol. The Morgan fingerprint density at radius 2 is 1.77 bits per heavy atom. The van der Waals surface area contributed by atoms with Gasteiger partial charge < -0.3 is 25.0 Å². The maximum absolute atomic E-state index is 13.6. The van der Waals surface area contributed by atoms with Crippen LogP contribution in [0.15, 0.2) is 48.5 Å². The van der Waals surface area contributed by atoms with E-state index in [1.165, 1.54) is 0 Å². The molecule has 1 heterocycles. The summed E-state index contributed by atoms with van der Waals surface area (Å²) in [6, 6.07) is 15.2. The number of hydrogen-bond acceptors (Lipinski definition) is 6. The molecule has 0 unspecified atom stereocenters. The molecule has 2 aliphatic rings. The predicted molar refractivity (Wildman–Crippen MR) is 174 cm³/mol. The Hall–Kier alpha value is -3.23. The van der Waals surface area contributed by atoms with Gasteiger partial charge in [0.2, 0.25) is 5.91 Å². The average Bonchev–Trinajstić information content (AvgIpc) is 3.43. The number of aliphatic hydroxyl groups is 1. The Kier molecular flexibility index (Phi) is 12.0. The van der Waals surface area contributed by atoms with Crippen LogP contribution < -0.4 is 10.2 Å². The molecular formula is C36H51N3O5. The third kappa shape index (κ3) is 9.63. The first kappa shape index (κ1) is 33.7. The number of hydrogen-bond donors (Lipinski definition) is 2. The van der Waals surface area contributed by atoms with E-state index in [4.69, 9.17) is 4.74 Å². The van der Waals surface area contributed by atoms with Crippen molar-refractivity contribution in [3.05, 3.63) is 65.2 Å². The molecule has 2 N–H and O–H groups in total. The number of aliphatic hydroxyl groups excluding tert-OH is 1. The molecule has 0 bridgehead atoms. The number of ether oxygens (including phenoxy) is 1. The summed E-state index contributed by atoms with van der Waals surface area (Å²) in [6.45, 7) is 8.46. The Bertz CT molecular complexity index is 1250. The van der Waals surface area contributed by atoms with Crippen LogP contribution in [-0.2, 0) is 22.4 Å². The van der Waals surface area contributed by atoms with Crippen molar-refractivity contribution < 1.29 is 24.2 Å². The lowest BCUT2D eigenvalue weighted by atomic mass is 9.93. The molecule has 1 saturated heterocycles. The lowest BCUT2D eigenvalue weighted by Crippen LogP contribution is -2.53. The van der Waals surface area contributed by atoms with E-state index in [1.807, 2.05) is 69.3 Å². The number of rotatable bonds is 13. The molecule has 8 heteroatoms. The molecule has 240 valence electrons. The summed E-state index contributed by atoms with van der Waals surface area (Å²) in [4.78, 5) is 43.0. The lowest BCUT2D eigenvalue weighted by molar-refractivity contribution is -0.117. The molecule has 0 radical (unpaired) electrons. The zero-order chi connectivity index (χ0) is 31.7. The molecule has 4 rings (SSSR count). The Morgan fingerprint density at radius 3 is 2.41 bits per heavy atom. The first-order valence-corrected chi connectivity index (χ1v) is 16.5. The van der Waals surface area contributed by atoms with Crippen molar-refractivity contribution in [2.75, 3.05) is 24.5 Å². The summed E-state index contributed by atoms with van der Waals surface area (Å²) >= 11 is 0. The van der Waals surface area contributed by atoms with Crippen LogP contribution in [0.3, 0.4) is 0 Å². The predicted octanol–water partition coefficient (Wildman–Crippen LogP) is 6.08. The highest BCUT2D eigenvalue weighted by molar-refractivity contribution is 6.01. The zero-order valence-electron chi connectivity index (χ0n) is 27.0. The van der Waals surface area contributed by atoms with Gasteiger partial charge in [-0.25, -0.2) is 4.79 Å². The van der Waals surface area contributed by atoms with Crippen molar-refractivity contribution >= 4 is 23.5 Å². The minimum Gasteiger partial charge on any atom is -0.444 e. The van der Waals surface area contributed by atoms with Crippen LogP contribution in [0, 0.1) is 0 Å². The van der Waals surface area contributed by atoms with E-state index in [0.29, 0.717) is 24.9 Å². The van der Waals surface area contributed by atoms with Crippen LogP contribution in [0.1, 0.15) is 101 Å². The maximum Gasteiger partial charge on any atom is 0.410 e. The first-order valence-electron chi connectivity index (χ1n) is 16.5. The molecule has 2 aromatic rings. The van der Waals surface area contributed by atoms with Crippen molar-refractivity contribution in [1.82, 2.24) is 10.2 Å². The standard InChI is InChI=1S/C36H51N3O5/c1-5-13-27-20-28(23-30(21-27)38-19-12-18-34(38)42)32(40)24-37-31(22-26-14-8-6-9-15-26)33(41)25-39(29-16-10-7-11-17-29)35(43)44-36(2,3)4/h6,8-9,14-15,20-21,23,29,31,33,37,41H,5,7,10-13,16-19,22,24-25H2,1-4H3/t31-,33+/m0/s1. The van der Waals surface area contributed by atoms with Crippen LogP contribution in [0.2, 0.25) is 0 Å². The second-order valence-electron chi connectivity index (χ2n) is 13.4. The van der Waals surface area contributed by atoms with Gasteiger partial charge in [0.15, 0.2) is 5.78 Å². The minimum atomic E-state index is -0.929. The third-order valence-corrected chi connectivity index (χ3v) is 8.54. The van der Waals surface area contributed by atoms with Gasteiger partial charge in [-0.1, -0.05) is 62.9 Å². The number of Topliss-reactive ketones (excluding diaryl/α,β-unsaturated/α-hetero) is 1. The van der Waals surface area contributed by atoms with Gasteiger partial charge >= 0.3 is 6.09 Å². The summed E-state index contributed by atoms with van der Waals surface area (Å²) in [7, 11) is 0. The number of nitrogens with one attached hydrogen (secondary N) is 1. The molecule has 2 aromatic carbocycles. The van der Waals surface area contributed by atoms with Crippen molar-refractivity contribution in [2.45, 2.75) is 116 Å². The number of benzene rings is 2. The summed E-state index contributed by atoms with van der Waals surface area (Å²) in [5, 5.41) is 15.0. The highest BCUT2D eigenvalue weighted by Crippen LogP contribution is 2.27. The van der Waals surface area contributed by atoms with Crippen molar-refractivity contribution in [3.63, 3.8) is 0 Å². The van der Waals surface area contributed by atoms with Crippen LogP contribution in [0.25, 0.3) is 0 Å². The van der Waals surface area contributed by atoms with Gasteiger partial charge in [0.05, 0.1) is 19.2 Å². The minimum absolute atomic E-state index is 0.0141. The van der Waals surface area contributed by atoms with E-state index in [1.54, 1.807) is 9.80 Å².